The van der Waals surface area contributed by atoms with Crippen LogP contribution in [0.1, 0.15) is 26.5 Å². The molecule has 14 heavy (non-hydrogen) atoms. The predicted octanol–water partition coefficient (Wildman–Crippen LogP) is 1.40. The molecule has 0 saturated carbocycles. The molecule has 1 aliphatic heterocycles. The molecule has 1 saturated heterocycles. The van der Waals surface area contributed by atoms with Crippen molar-refractivity contribution < 1.29 is 0 Å². The minimum atomic E-state index is 0.202. The molecule has 0 aliphatic carbocycles. The third-order valence-electron chi connectivity index (χ3n) is 2.80. The number of hydrogen-bond acceptors (Lipinski definition) is 2. The molecule has 1 aromatic rings. The molecule has 0 atom stereocenters. The molecular weight excluding hydrogens is 174 g/mol. The Morgan fingerprint density at radius 2 is 2.21 bits per heavy atom. The first-order valence-electron chi connectivity index (χ1n) is 5.28. The highest BCUT2D eigenvalue weighted by Crippen LogP contribution is 2.22. The van der Waals surface area contributed by atoms with Gasteiger partial charge in [-0.15, -0.1) is 0 Å². The molecular formula is C11H19N3. The van der Waals surface area contributed by atoms with Gasteiger partial charge in [-0.25, -0.2) is 4.98 Å². The van der Waals surface area contributed by atoms with Crippen molar-refractivity contribution in [2.24, 2.45) is 5.92 Å². The smallest absolute Gasteiger partial charge is 0.0948 e. The van der Waals surface area contributed by atoms with Gasteiger partial charge in [0.2, 0.25) is 0 Å². The van der Waals surface area contributed by atoms with Crippen LogP contribution in [0.5, 0.6) is 0 Å². The molecule has 1 N–H and O–H groups in total. The van der Waals surface area contributed by atoms with Crippen LogP contribution in [0.3, 0.4) is 0 Å². The van der Waals surface area contributed by atoms with Gasteiger partial charge >= 0.3 is 0 Å². The van der Waals surface area contributed by atoms with Gasteiger partial charge in [0.15, 0.2) is 0 Å². The van der Waals surface area contributed by atoms with Gasteiger partial charge in [-0.3, -0.25) is 0 Å². The Bertz CT molecular complexity index is 305. The zero-order valence-electron chi connectivity index (χ0n) is 9.25. The van der Waals surface area contributed by atoms with Crippen LogP contribution in [0.25, 0.3) is 0 Å². The second kappa shape index (κ2) is 3.39. The highest BCUT2D eigenvalue weighted by Gasteiger charge is 2.22. The molecule has 0 amide bonds. The van der Waals surface area contributed by atoms with E-state index >= 15 is 0 Å². The van der Waals surface area contributed by atoms with Gasteiger partial charge < -0.3 is 9.88 Å². The quantitative estimate of drug-likeness (QED) is 0.769. The molecule has 1 aliphatic rings. The van der Waals surface area contributed by atoms with Crippen LogP contribution in [-0.2, 0) is 12.0 Å². The van der Waals surface area contributed by atoms with Crippen LogP contribution in [0.4, 0.5) is 0 Å². The molecule has 0 aromatic carbocycles. The fourth-order valence-corrected chi connectivity index (χ4v) is 1.85. The third kappa shape index (κ3) is 1.82. The van der Waals surface area contributed by atoms with Crippen molar-refractivity contribution in [3.05, 3.63) is 18.2 Å². The fourth-order valence-electron chi connectivity index (χ4n) is 1.85. The summed E-state index contributed by atoms with van der Waals surface area (Å²) in [7, 11) is 0. The maximum Gasteiger partial charge on any atom is 0.0948 e. The van der Waals surface area contributed by atoms with E-state index in [1.807, 2.05) is 12.5 Å². The summed E-state index contributed by atoms with van der Waals surface area (Å²) < 4.78 is 2.30. The summed E-state index contributed by atoms with van der Waals surface area (Å²) in [6.45, 7) is 10.1. The number of aromatic nitrogens is 2. The lowest BCUT2D eigenvalue weighted by atomic mass is 9.92. The highest BCUT2D eigenvalue weighted by molar-refractivity contribution is 5.10. The molecule has 0 radical (unpaired) electrons. The summed E-state index contributed by atoms with van der Waals surface area (Å²) in [5.74, 6) is 0.797. The second-order valence-corrected chi connectivity index (χ2v) is 5.21. The zero-order chi connectivity index (χ0) is 10.2. The predicted molar refractivity (Wildman–Crippen MR) is 57.3 cm³/mol. The second-order valence-electron chi connectivity index (χ2n) is 5.21. The molecule has 2 rings (SSSR count). The molecule has 3 nitrogen and oxygen atoms in total. The van der Waals surface area contributed by atoms with Crippen LogP contribution in [-0.4, -0.2) is 22.6 Å². The lowest BCUT2D eigenvalue weighted by Gasteiger charge is -2.29. The molecule has 78 valence electrons. The van der Waals surface area contributed by atoms with Crippen molar-refractivity contribution in [1.29, 1.82) is 0 Å². The van der Waals surface area contributed by atoms with Gasteiger partial charge in [0.25, 0.3) is 0 Å². The van der Waals surface area contributed by atoms with E-state index in [1.54, 1.807) is 0 Å². The SMILES string of the molecule is CC(C)(C)c1cncn1CC1CNC1. The molecule has 2 heterocycles. The number of rotatable bonds is 2. The number of nitrogens with one attached hydrogen (secondary N) is 1. The maximum absolute atomic E-state index is 4.24. The molecule has 0 bridgehead atoms. The van der Waals surface area contributed by atoms with E-state index in [0.717, 1.165) is 25.6 Å². The van der Waals surface area contributed by atoms with Crippen molar-refractivity contribution in [1.82, 2.24) is 14.9 Å². The number of imidazole rings is 1. The Kier molecular flexibility index (Phi) is 2.35. The molecule has 0 unspecified atom stereocenters. The van der Waals surface area contributed by atoms with Crippen LogP contribution < -0.4 is 5.32 Å². The van der Waals surface area contributed by atoms with E-state index in [1.165, 1.54) is 5.69 Å². The molecule has 1 fully saturated rings. The topological polar surface area (TPSA) is 29.9 Å². The highest BCUT2D eigenvalue weighted by atomic mass is 15.1. The van der Waals surface area contributed by atoms with Crippen molar-refractivity contribution >= 4 is 0 Å². The number of hydrogen-bond donors (Lipinski definition) is 1. The summed E-state index contributed by atoms with van der Waals surface area (Å²) in [6, 6.07) is 0. The summed E-state index contributed by atoms with van der Waals surface area (Å²) in [5.41, 5.74) is 1.54. The standard InChI is InChI=1S/C11H19N3/c1-11(2,3)10-6-13-8-14(10)7-9-4-12-5-9/h6,8-9,12H,4-5,7H2,1-3H3. The van der Waals surface area contributed by atoms with Crippen LogP contribution >= 0.6 is 0 Å². The van der Waals surface area contributed by atoms with E-state index < -0.39 is 0 Å². The van der Waals surface area contributed by atoms with E-state index in [0.29, 0.717) is 0 Å². The first-order valence-corrected chi connectivity index (χ1v) is 5.28. The van der Waals surface area contributed by atoms with Crippen molar-refractivity contribution in [3.63, 3.8) is 0 Å². The van der Waals surface area contributed by atoms with Gasteiger partial charge in [-0.2, -0.15) is 0 Å². The van der Waals surface area contributed by atoms with E-state index in [4.69, 9.17) is 0 Å². The third-order valence-corrected chi connectivity index (χ3v) is 2.80. The van der Waals surface area contributed by atoms with E-state index in [-0.39, 0.29) is 5.41 Å². The first kappa shape index (κ1) is 9.71. The summed E-state index contributed by atoms with van der Waals surface area (Å²) >= 11 is 0. The van der Waals surface area contributed by atoms with Crippen LogP contribution in [0.15, 0.2) is 12.5 Å². The van der Waals surface area contributed by atoms with Crippen molar-refractivity contribution in [3.8, 4) is 0 Å². The van der Waals surface area contributed by atoms with Gasteiger partial charge in [0, 0.05) is 42.9 Å². The maximum atomic E-state index is 4.24. The fraction of sp³-hybridized carbons (Fsp3) is 0.727. The van der Waals surface area contributed by atoms with Gasteiger partial charge in [-0.05, 0) is 0 Å². The largest absolute Gasteiger partial charge is 0.334 e. The Morgan fingerprint density at radius 3 is 2.71 bits per heavy atom. The average Bonchev–Trinajstić information content (AvgIpc) is 2.42. The summed E-state index contributed by atoms with van der Waals surface area (Å²) in [6.07, 6.45) is 3.95. The minimum absolute atomic E-state index is 0.202. The lowest BCUT2D eigenvalue weighted by Crippen LogP contribution is -2.44. The monoisotopic (exact) mass is 193 g/mol. The molecule has 3 heteroatoms. The lowest BCUT2D eigenvalue weighted by molar-refractivity contribution is 0.299. The van der Waals surface area contributed by atoms with E-state index in [2.05, 4.69) is 35.6 Å². The Morgan fingerprint density at radius 1 is 1.50 bits per heavy atom. The van der Waals surface area contributed by atoms with Gasteiger partial charge in [0.05, 0.1) is 6.33 Å². The zero-order valence-corrected chi connectivity index (χ0v) is 9.25. The summed E-state index contributed by atoms with van der Waals surface area (Å²) in [5, 5.41) is 3.30. The minimum Gasteiger partial charge on any atom is -0.334 e. The Labute approximate surface area is 85.5 Å². The van der Waals surface area contributed by atoms with Crippen molar-refractivity contribution in [2.45, 2.75) is 32.7 Å². The van der Waals surface area contributed by atoms with Crippen molar-refractivity contribution in [2.75, 3.05) is 13.1 Å². The van der Waals surface area contributed by atoms with Gasteiger partial charge in [-0.1, -0.05) is 20.8 Å². The average molecular weight is 193 g/mol. The molecule has 1 aromatic heterocycles. The van der Waals surface area contributed by atoms with Gasteiger partial charge in [0.1, 0.15) is 0 Å². The Hall–Kier alpha value is -0.830. The van der Waals surface area contributed by atoms with Crippen LogP contribution in [0, 0.1) is 5.92 Å². The Balaban J connectivity index is 2.12. The first-order chi connectivity index (χ1) is 6.57. The number of nitrogens with zero attached hydrogens (tertiary/aromatic N) is 2. The van der Waals surface area contributed by atoms with E-state index in [9.17, 15) is 0 Å². The van der Waals surface area contributed by atoms with Crippen LogP contribution in [0.2, 0.25) is 0 Å². The normalized spacial score (nSPS) is 18.2. The summed E-state index contributed by atoms with van der Waals surface area (Å²) in [4.78, 5) is 4.24. The molecule has 0 spiro atoms.